The summed E-state index contributed by atoms with van der Waals surface area (Å²) < 4.78 is 0. The minimum atomic E-state index is -0.250. The molecule has 23 valence electrons. The number of carbonyl (C=O) groups is 1. The topological polar surface area (TPSA) is 37.3 Å². The number of hydrogen-bond donors (Lipinski definition) is 1. The van der Waals surface area contributed by atoms with Crippen LogP contribution >= 0.6 is 0 Å². The summed E-state index contributed by atoms with van der Waals surface area (Å²) in [6.07, 6.45) is 0. The van der Waals surface area contributed by atoms with Gasteiger partial charge in [0.25, 0.3) is 6.47 Å². The quantitative estimate of drug-likeness (QED) is 0.369. The van der Waals surface area contributed by atoms with Crippen LogP contribution in [0, 0.1) is 0 Å². The predicted molar refractivity (Wildman–Crippen MR) is 8.69 cm³/mol. The van der Waals surface area contributed by atoms with Crippen molar-refractivity contribution < 1.29 is 32.3 Å². The summed E-state index contributed by atoms with van der Waals surface area (Å²) >= 11 is 0. The maximum atomic E-state index is 8.36. The zero-order chi connectivity index (χ0) is 2.71. The van der Waals surface area contributed by atoms with Crippen molar-refractivity contribution in [1.82, 2.24) is 0 Å². The van der Waals surface area contributed by atoms with Crippen LogP contribution in [-0.2, 0) is 27.2 Å². The first-order valence-electron chi connectivity index (χ1n) is 0.494. The van der Waals surface area contributed by atoms with Gasteiger partial charge in [-0.1, -0.05) is 0 Å². The third-order valence-electron chi connectivity index (χ3n) is 0. The van der Waals surface area contributed by atoms with Crippen molar-refractivity contribution in [2.75, 3.05) is 0 Å². The SMILES string of the molecule is O=CO.[Nb]. The Morgan fingerprint density at radius 3 is 1.75 bits per heavy atom. The van der Waals surface area contributed by atoms with Crippen molar-refractivity contribution in [3.8, 4) is 0 Å². The van der Waals surface area contributed by atoms with Crippen molar-refractivity contribution in [2.24, 2.45) is 0 Å². The second-order valence-corrected chi connectivity index (χ2v) is 0.105. The second-order valence-electron chi connectivity index (χ2n) is 0.105. The van der Waals surface area contributed by atoms with Crippen molar-refractivity contribution in [1.29, 1.82) is 0 Å². The van der Waals surface area contributed by atoms with Gasteiger partial charge in [-0.15, -0.1) is 0 Å². The molecule has 0 fully saturated rings. The summed E-state index contributed by atoms with van der Waals surface area (Å²) in [6.45, 7) is -0.250. The summed E-state index contributed by atoms with van der Waals surface area (Å²) in [7, 11) is 0. The van der Waals surface area contributed by atoms with E-state index in [4.69, 9.17) is 9.90 Å². The third-order valence-corrected chi connectivity index (χ3v) is 0. The maximum absolute atomic E-state index is 8.36. The predicted octanol–water partition coefficient (Wildman–Crippen LogP) is -0.302. The molecule has 0 aromatic rings. The molecule has 0 rings (SSSR count). The molecule has 2 nitrogen and oxygen atoms in total. The van der Waals surface area contributed by atoms with Crippen LogP contribution in [-0.4, -0.2) is 11.6 Å². The van der Waals surface area contributed by atoms with E-state index in [1.807, 2.05) is 0 Å². The first-order chi connectivity index (χ1) is 1.41. The Morgan fingerprint density at radius 2 is 1.75 bits per heavy atom. The molecule has 0 heterocycles. The average Bonchev–Trinajstić information content (AvgIpc) is 0.918. The Bertz CT molecular complexity index is 13.5. The molecule has 1 N–H and O–H groups in total. The Morgan fingerprint density at radius 1 is 1.75 bits per heavy atom. The molecular weight excluding hydrogens is 137 g/mol. The fourth-order valence-electron chi connectivity index (χ4n) is 0. The molecule has 0 spiro atoms. The summed E-state index contributed by atoms with van der Waals surface area (Å²) in [4.78, 5) is 8.36. The molecule has 4 heavy (non-hydrogen) atoms. The Hall–Kier alpha value is 0.210. The van der Waals surface area contributed by atoms with E-state index in [0.717, 1.165) is 0 Å². The molecule has 0 aliphatic rings. The zero-order valence-electron chi connectivity index (χ0n) is 1.88. The van der Waals surface area contributed by atoms with E-state index in [1.165, 1.54) is 0 Å². The van der Waals surface area contributed by atoms with Crippen molar-refractivity contribution in [2.45, 2.75) is 0 Å². The van der Waals surface area contributed by atoms with Crippen LogP contribution in [0.3, 0.4) is 0 Å². The van der Waals surface area contributed by atoms with E-state index < -0.39 is 0 Å². The summed E-state index contributed by atoms with van der Waals surface area (Å²) in [5, 5.41) is 6.89. The molecule has 0 aromatic carbocycles. The van der Waals surface area contributed by atoms with Crippen LogP contribution in [0.1, 0.15) is 0 Å². The minimum absolute atomic E-state index is 0. The molecule has 0 amide bonds. The van der Waals surface area contributed by atoms with Gasteiger partial charge in [-0.2, -0.15) is 0 Å². The van der Waals surface area contributed by atoms with Gasteiger partial charge in [0.05, 0.1) is 0 Å². The van der Waals surface area contributed by atoms with Crippen molar-refractivity contribution in [3.63, 3.8) is 0 Å². The molecule has 0 saturated heterocycles. The van der Waals surface area contributed by atoms with E-state index in [-0.39, 0.29) is 28.9 Å². The normalized spacial score (nSPS) is 3.00. The first-order valence-corrected chi connectivity index (χ1v) is 0.494. The molecule has 0 aromatic heterocycles. The Kier molecular flexibility index (Phi) is 23.8. The average molecular weight is 139 g/mol. The van der Waals surface area contributed by atoms with Gasteiger partial charge >= 0.3 is 0 Å². The molecule has 0 unspecified atom stereocenters. The second kappa shape index (κ2) is 10.7. The first kappa shape index (κ1) is 8.88. The van der Waals surface area contributed by atoms with Crippen LogP contribution in [0.4, 0.5) is 0 Å². The van der Waals surface area contributed by atoms with E-state index in [1.54, 1.807) is 0 Å². The largest absolute Gasteiger partial charge is 0.483 e. The van der Waals surface area contributed by atoms with Gasteiger partial charge in [-0.25, -0.2) is 0 Å². The number of carboxylic acid groups (broad SMARTS) is 1. The van der Waals surface area contributed by atoms with Crippen LogP contribution in [0.2, 0.25) is 0 Å². The van der Waals surface area contributed by atoms with E-state index in [9.17, 15) is 0 Å². The van der Waals surface area contributed by atoms with Crippen LogP contribution in [0.25, 0.3) is 0 Å². The van der Waals surface area contributed by atoms with Crippen molar-refractivity contribution >= 4 is 6.47 Å². The van der Waals surface area contributed by atoms with Gasteiger partial charge in [0.1, 0.15) is 0 Å². The van der Waals surface area contributed by atoms with Gasteiger partial charge in [0, 0.05) is 22.4 Å². The Balaban J connectivity index is 0. The minimum Gasteiger partial charge on any atom is -0.483 e. The van der Waals surface area contributed by atoms with Gasteiger partial charge in [-0.3, -0.25) is 4.79 Å². The van der Waals surface area contributed by atoms with Crippen LogP contribution in [0.5, 0.6) is 0 Å². The van der Waals surface area contributed by atoms with Gasteiger partial charge in [-0.05, 0) is 0 Å². The summed E-state index contributed by atoms with van der Waals surface area (Å²) in [5.74, 6) is 0. The molecule has 0 saturated carbocycles. The van der Waals surface area contributed by atoms with Crippen LogP contribution < -0.4 is 0 Å². The molecule has 0 aliphatic carbocycles. The fourth-order valence-corrected chi connectivity index (χ4v) is 0. The van der Waals surface area contributed by atoms with Gasteiger partial charge in [0.15, 0.2) is 0 Å². The third kappa shape index (κ3) is 73.2. The van der Waals surface area contributed by atoms with Crippen molar-refractivity contribution in [3.05, 3.63) is 0 Å². The maximum Gasteiger partial charge on any atom is 0.290 e. The fraction of sp³-hybridized carbons (Fsp3) is 0. The molecule has 3 heteroatoms. The van der Waals surface area contributed by atoms with Gasteiger partial charge < -0.3 is 5.11 Å². The standard InChI is InChI=1S/CH2O2.Nb/c2-1-3;/h1H,(H,2,3);. The molecule has 0 bridgehead atoms. The van der Waals surface area contributed by atoms with E-state index in [0.29, 0.717) is 0 Å². The summed E-state index contributed by atoms with van der Waals surface area (Å²) in [5.41, 5.74) is 0. The van der Waals surface area contributed by atoms with Crippen LogP contribution in [0.15, 0.2) is 0 Å². The summed E-state index contributed by atoms with van der Waals surface area (Å²) in [6, 6.07) is 0. The zero-order valence-corrected chi connectivity index (χ0v) is 4.08. The molecular formula is CH2NbO2. The smallest absolute Gasteiger partial charge is 0.290 e. The molecule has 1 radical (unpaired) electrons. The van der Waals surface area contributed by atoms with E-state index in [2.05, 4.69) is 0 Å². The van der Waals surface area contributed by atoms with E-state index >= 15 is 0 Å². The van der Waals surface area contributed by atoms with Gasteiger partial charge in [0.2, 0.25) is 0 Å². The number of hydrogen-bond acceptors (Lipinski definition) is 1. The monoisotopic (exact) mass is 139 g/mol. The number of rotatable bonds is 0. The molecule has 0 aliphatic heterocycles. The Labute approximate surface area is 39.3 Å². The molecule has 0 atom stereocenters.